The maximum Gasteiger partial charge on any atom is 0.261 e. The fourth-order valence-electron chi connectivity index (χ4n) is 2.10. The van der Waals surface area contributed by atoms with Crippen LogP contribution in [0.1, 0.15) is 13.8 Å². The number of hydrogen-bond donors (Lipinski definition) is 1. The van der Waals surface area contributed by atoms with Crippen LogP contribution in [0, 0.1) is 11.8 Å². The topological polar surface area (TPSA) is 78.0 Å². The van der Waals surface area contributed by atoms with Gasteiger partial charge in [-0.1, -0.05) is 29.8 Å². The van der Waals surface area contributed by atoms with Gasteiger partial charge in [-0.25, -0.2) is 4.98 Å². The monoisotopic (exact) mass is 337 g/mol. The highest BCUT2D eigenvalue weighted by Crippen LogP contribution is 2.16. The number of primary amides is 1. The van der Waals surface area contributed by atoms with Crippen molar-refractivity contribution in [1.82, 2.24) is 9.55 Å². The molecular weight excluding hydrogens is 322 g/mol. The van der Waals surface area contributed by atoms with Crippen molar-refractivity contribution in [3.8, 4) is 0 Å². The van der Waals surface area contributed by atoms with E-state index in [2.05, 4.69) is 20.9 Å². The van der Waals surface area contributed by atoms with Crippen molar-refractivity contribution < 1.29 is 4.79 Å². The Kier molecular flexibility index (Phi) is 4.23. The van der Waals surface area contributed by atoms with Crippen LogP contribution in [0.2, 0.25) is 0 Å². The Labute approximate surface area is 124 Å². The summed E-state index contributed by atoms with van der Waals surface area (Å²) in [6.07, 6.45) is 1.47. The van der Waals surface area contributed by atoms with E-state index >= 15 is 0 Å². The van der Waals surface area contributed by atoms with Crippen LogP contribution in [-0.4, -0.2) is 15.5 Å². The molecule has 2 rings (SSSR count). The minimum absolute atomic E-state index is 0.0672. The van der Waals surface area contributed by atoms with E-state index in [1.807, 2.05) is 19.9 Å². The highest BCUT2D eigenvalue weighted by atomic mass is 79.9. The van der Waals surface area contributed by atoms with Gasteiger partial charge >= 0.3 is 0 Å². The quantitative estimate of drug-likeness (QED) is 0.925. The average Bonchev–Trinajstić information content (AvgIpc) is 2.37. The van der Waals surface area contributed by atoms with Gasteiger partial charge in [0, 0.05) is 11.0 Å². The number of aromatic nitrogens is 2. The minimum atomic E-state index is -0.402. The molecule has 0 fully saturated rings. The van der Waals surface area contributed by atoms with Gasteiger partial charge < -0.3 is 5.73 Å². The van der Waals surface area contributed by atoms with E-state index in [1.54, 1.807) is 12.1 Å². The minimum Gasteiger partial charge on any atom is -0.369 e. The van der Waals surface area contributed by atoms with E-state index in [0.29, 0.717) is 10.9 Å². The molecule has 0 aliphatic heterocycles. The summed E-state index contributed by atoms with van der Waals surface area (Å²) in [7, 11) is 0. The molecule has 1 aromatic carbocycles. The van der Waals surface area contributed by atoms with Gasteiger partial charge in [-0.15, -0.1) is 0 Å². The third-order valence-corrected chi connectivity index (χ3v) is 3.84. The number of carbonyl (C=O) groups excluding carboxylic acids is 1. The molecule has 0 saturated carbocycles. The van der Waals surface area contributed by atoms with Gasteiger partial charge in [0.05, 0.1) is 23.1 Å². The molecule has 0 aliphatic rings. The molecular formula is C14H16BrN3O2. The Morgan fingerprint density at radius 2 is 2.15 bits per heavy atom. The number of nitrogens with zero attached hydrogens (tertiary/aromatic N) is 2. The molecule has 2 N–H and O–H groups in total. The first-order valence-corrected chi connectivity index (χ1v) is 7.13. The number of halogens is 1. The molecule has 1 aromatic heterocycles. The normalized spacial score (nSPS) is 12.8. The van der Waals surface area contributed by atoms with Gasteiger partial charge in [0.2, 0.25) is 5.91 Å². The lowest BCUT2D eigenvalue weighted by molar-refractivity contribution is -0.123. The second-order valence-corrected chi connectivity index (χ2v) is 6.03. The van der Waals surface area contributed by atoms with E-state index < -0.39 is 5.91 Å². The number of amides is 1. The molecule has 0 bridgehead atoms. The van der Waals surface area contributed by atoms with Crippen LogP contribution in [0.5, 0.6) is 0 Å². The molecule has 5 nitrogen and oxygen atoms in total. The average molecular weight is 338 g/mol. The van der Waals surface area contributed by atoms with Crippen LogP contribution >= 0.6 is 15.9 Å². The van der Waals surface area contributed by atoms with Crippen molar-refractivity contribution >= 4 is 32.7 Å². The first-order chi connectivity index (χ1) is 9.40. The Bertz CT molecular complexity index is 709. The van der Waals surface area contributed by atoms with Gasteiger partial charge in [0.15, 0.2) is 0 Å². The summed E-state index contributed by atoms with van der Waals surface area (Å²) in [5.41, 5.74) is 5.86. The summed E-state index contributed by atoms with van der Waals surface area (Å²) in [5, 5.41) is 0.522. The summed E-state index contributed by atoms with van der Waals surface area (Å²) in [6.45, 7) is 4.07. The summed E-state index contributed by atoms with van der Waals surface area (Å²) in [5.74, 6) is -0.724. The Morgan fingerprint density at radius 3 is 2.75 bits per heavy atom. The summed E-state index contributed by atoms with van der Waals surface area (Å²) in [6, 6.07) is 5.34. The molecule has 6 heteroatoms. The van der Waals surface area contributed by atoms with Gasteiger partial charge in [-0.3, -0.25) is 14.2 Å². The van der Waals surface area contributed by atoms with Gasteiger partial charge in [0.25, 0.3) is 5.56 Å². The first kappa shape index (κ1) is 14.7. The van der Waals surface area contributed by atoms with Crippen LogP contribution < -0.4 is 11.3 Å². The van der Waals surface area contributed by atoms with Crippen molar-refractivity contribution in [2.45, 2.75) is 20.4 Å². The number of hydrogen-bond acceptors (Lipinski definition) is 3. The van der Waals surface area contributed by atoms with Gasteiger partial charge in [0.1, 0.15) is 0 Å². The second kappa shape index (κ2) is 5.75. The number of fused-ring (bicyclic) bond motifs is 1. The second-order valence-electron chi connectivity index (χ2n) is 5.12. The Balaban J connectivity index is 2.48. The number of rotatable bonds is 4. The molecule has 0 radical (unpaired) electrons. The van der Waals surface area contributed by atoms with E-state index in [4.69, 9.17) is 5.73 Å². The van der Waals surface area contributed by atoms with E-state index in [1.165, 1.54) is 10.9 Å². The number of benzene rings is 1. The smallest absolute Gasteiger partial charge is 0.261 e. The molecule has 0 aliphatic carbocycles. The maximum atomic E-state index is 12.4. The zero-order valence-corrected chi connectivity index (χ0v) is 12.9. The highest BCUT2D eigenvalue weighted by molar-refractivity contribution is 9.10. The maximum absolute atomic E-state index is 12.4. The molecule has 1 atom stereocenters. The lowest BCUT2D eigenvalue weighted by Crippen LogP contribution is -2.34. The van der Waals surface area contributed by atoms with E-state index in [9.17, 15) is 9.59 Å². The van der Waals surface area contributed by atoms with Crippen LogP contribution in [-0.2, 0) is 11.3 Å². The summed E-state index contributed by atoms with van der Waals surface area (Å²) in [4.78, 5) is 28.1. The van der Waals surface area contributed by atoms with Crippen LogP contribution in [0.3, 0.4) is 0 Å². The zero-order valence-electron chi connectivity index (χ0n) is 11.3. The van der Waals surface area contributed by atoms with Crippen LogP contribution in [0.4, 0.5) is 0 Å². The van der Waals surface area contributed by atoms with Crippen molar-refractivity contribution in [2.75, 3.05) is 0 Å². The van der Waals surface area contributed by atoms with Crippen molar-refractivity contribution in [3.63, 3.8) is 0 Å². The van der Waals surface area contributed by atoms with E-state index in [0.717, 1.165) is 4.47 Å². The van der Waals surface area contributed by atoms with Crippen LogP contribution in [0.15, 0.2) is 33.8 Å². The third-order valence-electron chi connectivity index (χ3n) is 3.35. The lowest BCUT2D eigenvalue weighted by Gasteiger charge is -2.18. The number of carbonyl (C=O) groups is 1. The molecule has 106 valence electrons. The first-order valence-electron chi connectivity index (χ1n) is 6.34. The lowest BCUT2D eigenvalue weighted by atomic mass is 9.95. The molecule has 1 heterocycles. The largest absolute Gasteiger partial charge is 0.369 e. The van der Waals surface area contributed by atoms with Crippen molar-refractivity contribution in [3.05, 3.63) is 39.4 Å². The zero-order chi connectivity index (χ0) is 14.9. The predicted octanol–water partition coefficient (Wildman–Crippen LogP) is 1.92. The molecule has 1 amide bonds. The SMILES string of the molecule is CC(C)C(Cn1cnc2ccc(Br)cc2c1=O)C(N)=O. The molecule has 20 heavy (non-hydrogen) atoms. The summed E-state index contributed by atoms with van der Waals surface area (Å²) >= 11 is 3.34. The van der Waals surface area contributed by atoms with E-state index in [-0.39, 0.29) is 23.9 Å². The predicted molar refractivity (Wildman–Crippen MR) is 81.2 cm³/mol. The third kappa shape index (κ3) is 2.90. The molecule has 0 saturated heterocycles. The molecule has 0 spiro atoms. The Morgan fingerprint density at radius 1 is 1.45 bits per heavy atom. The standard InChI is InChI=1S/C14H16BrN3O2/c1-8(2)11(13(16)19)6-18-7-17-12-4-3-9(15)5-10(12)14(18)20/h3-5,7-8,11H,6H2,1-2H3,(H2,16,19). The fourth-order valence-corrected chi connectivity index (χ4v) is 2.46. The van der Waals surface area contributed by atoms with Gasteiger partial charge in [-0.2, -0.15) is 0 Å². The fraction of sp³-hybridized carbons (Fsp3) is 0.357. The highest BCUT2D eigenvalue weighted by Gasteiger charge is 2.21. The number of nitrogens with two attached hydrogens (primary N) is 1. The Hall–Kier alpha value is -1.69. The van der Waals surface area contributed by atoms with Crippen LogP contribution in [0.25, 0.3) is 10.9 Å². The molecule has 2 aromatic rings. The van der Waals surface area contributed by atoms with Crippen molar-refractivity contribution in [2.24, 2.45) is 17.6 Å². The molecule has 1 unspecified atom stereocenters. The van der Waals surface area contributed by atoms with Crippen molar-refractivity contribution in [1.29, 1.82) is 0 Å². The summed E-state index contributed by atoms with van der Waals surface area (Å²) < 4.78 is 2.27. The van der Waals surface area contributed by atoms with Gasteiger partial charge in [-0.05, 0) is 24.1 Å².